The second-order valence-corrected chi connectivity index (χ2v) is 5.96. The number of carboxylic acid groups (broad SMARTS) is 1. The van der Waals surface area contributed by atoms with Crippen molar-refractivity contribution in [3.05, 3.63) is 0 Å². The number of nitrogens with one attached hydrogen (secondary N) is 1. The number of carbonyl (C=O) groups excluding carboxylic acids is 1. The van der Waals surface area contributed by atoms with E-state index in [0.717, 1.165) is 6.42 Å². The maximum absolute atomic E-state index is 11.9. The molecule has 0 aliphatic rings. The highest BCUT2D eigenvalue weighted by Crippen LogP contribution is 2.11. The minimum atomic E-state index is -0.867. The Hall–Kier alpha value is -1.26. The third-order valence-corrected chi connectivity index (χ3v) is 3.39. The average molecular weight is 272 g/mol. The first-order chi connectivity index (χ1) is 8.66. The largest absolute Gasteiger partial charge is 0.481 e. The van der Waals surface area contributed by atoms with E-state index >= 15 is 0 Å². The van der Waals surface area contributed by atoms with Gasteiger partial charge in [0, 0.05) is 19.6 Å². The van der Waals surface area contributed by atoms with Crippen LogP contribution >= 0.6 is 0 Å². The summed E-state index contributed by atoms with van der Waals surface area (Å²) in [6, 6.07) is -0.0672. The summed E-state index contributed by atoms with van der Waals surface area (Å²) in [6.07, 6.45) is 0.927. The molecular weight excluding hydrogens is 244 g/mol. The first-order valence-corrected chi connectivity index (χ1v) is 6.90. The average Bonchev–Trinajstić information content (AvgIpc) is 2.25. The number of hydrogen-bond donors (Lipinski definition) is 2. The molecular formula is C14H28N2O3. The molecule has 5 nitrogen and oxygen atoms in total. The molecule has 2 unspecified atom stereocenters. The molecule has 2 amide bonds. The van der Waals surface area contributed by atoms with Gasteiger partial charge in [-0.05, 0) is 25.2 Å². The molecule has 0 aromatic heterocycles. The summed E-state index contributed by atoms with van der Waals surface area (Å²) in [7, 11) is 1.74. The number of rotatable bonds is 7. The van der Waals surface area contributed by atoms with Gasteiger partial charge in [-0.1, -0.05) is 27.7 Å². The highest BCUT2D eigenvalue weighted by Gasteiger charge is 2.23. The molecule has 0 radical (unpaired) electrons. The van der Waals surface area contributed by atoms with Gasteiger partial charge in [-0.3, -0.25) is 4.79 Å². The summed E-state index contributed by atoms with van der Waals surface area (Å²) in [5, 5.41) is 11.8. The summed E-state index contributed by atoms with van der Waals surface area (Å²) < 4.78 is 0. The number of carbonyl (C=O) groups is 2. The first kappa shape index (κ1) is 17.7. The third-order valence-electron chi connectivity index (χ3n) is 3.39. The molecule has 0 saturated heterocycles. The van der Waals surface area contributed by atoms with Gasteiger partial charge in [0.15, 0.2) is 0 Å². The highest BCUT2D eigenvalue weighted by molar-refractivity contribution is 5.76. The topological polar surface area (TPSA) is 69.6 Å². The maximum Gasteiger partial charge on any atom is 0.317 e. The van der Waals surface area contributed by atoms with Crippen LogP contribution in [0.3, 0.4) is 0 Å². The van der Waals surface area contributed by atoms with Gasteiger partial charge in [-0.25, -0.2) is 4.79 Å². The predicted molar refractivity (Wildman–Crippen MR) is 76.0 cm³/mol. The van der Waals surface area contributed by atoms with Crippen LogP contribution in [0.25, 0.3) is 0 Å². The molecule has 2 atom stereocenters. The van der Waals surface area contributed by atoms with E-state index in [2.05, 4.69) is 19.2 Å². The number of carboxylic acids is 1. The van der Waals surface area contributed by atoms with Gasteiger partial charge < -0.3 is 15.3 Å². The van der Waals surface area contributed by atoms with E-state index in [1.807, 2.05) is 20.8 Å². The fourth-order valence-electron chi connectivity index (χ4n) is 1.97. The van der Waals surface area contributed by atoms with Crippen LogP contribution in [0.15, 0.2) is 0 Å². The van der Waals surface area contributed by atoms with Gasteiger partial charge in [0.05, 0.1) is 5.92 Å². The van der Waals surface area contributed by atoms with Crippen molar-refractivity contribution in [1.82, 2.24) is 10.2 Å². The number of aliphatic carboxylic acids is 1. The van der Waals surface area contributed by atoms with E-state index in [1.165, 1.54) is 0 Å². The summed E-state index contributed by atoms with van der Waals surface area (Å²) in [4.78, 5) is 24.6. The van der Waals surface area contributed by atoms with Gasteiger partial charge in [0.25, 0.3) is 0 Å². The van der Waals surface area contributed by atoms with Crippen LogP contribution in [-0.4, -0.2) is 41.6 Å². The fourth-order valence-corrected chi connectivity index (χ4v) is 1.97. The number of nitrogens with zero attached hydrogens (tertiary/aromatic N) is 1. The van der Waals surface area contributed by atoms with Gasteiger partial charge in [0.2, 0.25) is 0 Å². The van der Waals surface area contributed by atoms with Crippen LogP contribution in [0.2, 0.25) is 0 Å². The lowest BCUT2D eigenvalue weighted by Gasteiger charge is -2.27. The van der Waals surface area contributed by atoms with Gasteiger partial charge in [-0.2, -0.15) is 0 Å². The Bertz CT molecular complexity index is 303. The monoisotopic (exact) mass is 272 g/mol. The number of urea groups is 1. The normalized spacial score (nSPS) is 14.3. The highest BCUT2D eigenvalue weighted by atomic mass is 16.4. The van der Waals surface area contributed by atoms with Gasteiger partial charge in [-0.15, -0.1) is 0 Å². The molecule has 19 heavy (non-hydrogen) atoms. The quantitative estimate of drug-likeness (QED) is 0.747. The van der Waals surface area contributed by atoms with Crippen LogP contribution in [0.1, 0.15) is 41.0 Å². The summed E-state index contributed by atoms with van der Waals surface area (Å²) in [5.41, 5.74) is 0. The second kappa shape index (κ2) is 8.02. The van der Waals surface area contributed by atoms with Crippen molar-refractivity contribution in [1.29, 1.82) is 0 Å². The Labute approximate surface area is 116 Å². The summed E-state index contributed by atoms with van der Waals surface area (Å²) in [6.45, 7) is 10.1. The zero-order chi connectivity index (χ0) is 15.2. The molecule has 0 heterocycles. The van der Waals surface area contributed by atoms with E-state index < -0.39 is 11.9 Å². The van der Waals surface area contributed by atoms with E-state index in [4.69, 9.17) is 5.11 Å². The molecule has 0 aromatic rings. The molecule has 0 fully saturated rings. The van der Waals surface area contributed by atoms with Gasteiger partial charge >= 0.3 is 12.0 Å². The molecule has 0 aliphatic carbocycles. The number of amides is 2. The third kappa shape index (κ3) is 6.45. The molecule has 0 rings (SSSR count). The lowest BCUT2D eigenvalue weighted by molar-refractivity contribution is -0.142. The molecule has 112 valence electrons. The van der Waals surface area contributed by atoms with E-state index in [0.29, 0.717) is 5.92 Å². The molecule has 0 bridgehead atoms. The van der Waals surface area contributed by atoms with Crippen LogP contribution in [0, 0.1) is 17.8 Å². The Balaban J connectivity index is 4.33. The smallest absolute Gasteiger partial charge is 0.317 e. The molecule has 0 aromatic carbocycles. The van der Waals surface area contributed by atoms with Crippen molar-refractivity contribution in [2.24, 2.45) is 17.8 Å². The molecule has 2 N–H and O–H groups in total. The number of hydrogen-bond acceptors (Lipinski definition) is 2. The molecule has 0 saturated carbocycles. The standard InChI is InChI=1S/C14H28N2O3/c1-9(2)7-11(5)16(6)14(19)15-8-12(10(3)4)13(17)18/h9-12H,7-8H2,1-6H3,(H,15,19)(H,17,18). The summed E-state index contributed by atoms with van der Waals surface area (Å²) in [5.74, 6) is -0.894. The lowest BCUT2D eigenvalue weighted by Crippen LogP contribution is -2.45. The Morgan fingerprint density at radius 1 is 1.16 bits per heavy atom. The minimum absolute atomic E-state index is 0.00352. The van der Waals surface area contributed by atoms with Crippen molar-refractivity contribution in [3.63, 3.8) is 0 Å². The first-order valence-electron chi connectivity index (χ1n) is 6.90. The van der Waals surface area contributed by atoms with E-state index in [9.17, 15) is 9.59 Å². The van der Waals surface area contributed by atoms with Crippen molar-refractivity contribution in [2.75, 3.05) is 13.6 Å². The second-order valence-electron chi connectivity index (χ2n) is 5.96. The predicted octanol–water partition coefficient (Wildman–Crippen LogP) is 2.42. The molecule has 0 aliphatic heterocycles. The molecule has 0 spiro atoms. The van der Waals surface area contributed by atoms with Crippen molar-refractivity contribution in [3.8, 4) is 0 Å². The zero-order valence-electron chi connectivity index (χ0n) is 12.9. The zero-order valence-corrected chi connectivity index (χ0v) is 12.9. The minimum Gasteiger partial charge on any atom is -0.481 e. The lowest BCUT2D eigenvalue weighted by atomic mass is 9.96. The Kier molecular flexibility index (Phi) is 7.49. The van der Waals surface area contributed by atoms with Crippen molar-refractivity contribution < 1.29 is 14.7 Å². The van der Waals surface area contributed by atoms with Crippen LogP contribution in [-0.2, 0) is 4.79 Å². The van der Waals surface area contributed by atoms with Crippen LogP contribution in [0.4, 0.5) is 4.79 Å². The van der Waals surface area contributed by atoms with E-state index in [-0.39, 0.29) is 24.5 Å². The maximum atomic E-state index is 11.9. The van der Waals surface area contributed by atoms with Crippen LogP contribution in [0.5, 0.6) is 0 Å². The van der Waals surface area contributed by atoms with E-state index in [1.54, 1.807) is 11.9 Å². The fraction of sp³-hybridized carbons (Fsp3) is 0.857. The van der Waals surface area contributed by atoms with Crippen molar-refractivity contribution >= 4 is 12.0 Å². The Morgan fingerprint density at radius 2 is 1.68 bits per heavy atom. The Morgan fingerprint density at radius 3 is 2.05 bits per heavy atom. The van der Waals surface area contributed by atoms with Gasteiger partial charge in [0.1, 0.15) is 0 Å². The molecule has 5 heteroatoms. The van der Waals surface area contributed by atoms with Crippen LogP contribution < -0.4 is 5.32 Å². The van der Waals surface area contributed by atoms with Crippen molar-refractivity contribution in [2.45, 2.75) is 47.1 Å². The SMILES string of the molecule is CC(C)CC(C)N(C)C(=O)NCC(C(=O)O)C(C)C. The summed E-state index contributed by atoms with van der Waals surface area (Å²) >= 11 is 0.